The number of benzene rings is 1. The number of likely N-dealkylation sites (N-methyl/N-ethyl adjacent to an activating group) is 1. The summed E-state index contributed by atoms with van der Waals surface area (Å²) in [6, 6.07) is 6.25. The van der Waals surface area contributed by atoms with E-state index in [4.69, 9.17) is 0 Å². The summed E-state index contributed by atoms with van der Waals surface area (Å²) >= 11 is 0. The van der Waals surface area contributed by atoms with Crippen molar-refractivity contribution in [3.05, 3.63) is 42.5 Å². The van der Waals surface area contributed by atoms with Crippen molar-refractivity contribution in [1.82, 2.24) is 25.2 Å². The van der Waals surface area contributed by atoms with Crippen LogP contribution in [0.3, 0.4) is 0 Å². The molecule has 4 amide bonds. The van der Waals surface area contributed by atoms with E-state index in [0.717, 1.165) is 44.9 Å². The first-order valence-corrected chi connectivity index (χ1v) is 17.5. The minimum atomic E-state index is -3.74. The largest absolute Gasteiger partial charge is 0.479 e. The van der Waals surface area contributed by atoms with Crippen LogP contribution < -0.4 is 16.0 Å². The fraction of sp³-hybridized carbons (Fsp3) is 0.625. The molecule has 2 aliphatic carbocycles. The van der Waals surface area contributed by atoms with Crippen LogP contribution in [0, 0.1) is 11.8 Å². The number of nitrogens with one attached hydrogen (secondary N) is 3. The van der Waals surface area contributed by atoms with E-state index in [1.54, 1.807) is 18.2 Å². The van der Waals surface area contributed by atoms with Crippen molar-refractivity contribution in [2.75, 3.05) is 26.7 Å². The predicted octanol–water partition coefficient (Wildman–Crippen LogP) is 2.86. The molecular formula is C32H47N5O7S. The molecule has 0 radical (unpaired) electrons. The van der Waals surface area contributed by atoms with Gasteiger partial charge in [0.25, 0.3) is 0 Å². The minimum absolute atomic E-state index is 0.0812. The molecule has 4 rings (SSSR count). The van der Waals surface area contributed by atoms with Gasteiger partial charge in [0.15, 0.2) is 0 Å². The fourth-order valence-electron chi connectivity index (χ4n) is 6.16. The van der Waals surface area contributed by atoms with Gasteiger partial charge >= 0.3 is 12.0 Å². The number of carboxylic acid groups (broad SMARTS) is 1. The Hall–Kier alpha value is -3.45. The SMILES string of the molecule is CCCCC/C=C\C1C[C@]1(NC(=O)[C@@H]1CCCN1C(=O)CNC(=O)NC(CN(C)S(=O)(=O)c1ccccc1)C1CCC1)C(=O)O. The number of urea groups is 1. The van der Waals surface area contributed by atoms with E-state index in [0.29, 0.717) is 25.8 Å². The lowest BCUT2D eigenvalue weighted by atomic mass is 9.79. The van der Waals surface area contributed by atoms with Crippen LogP contribution >= 0.6 is 0 Å². The van der Waals surface area contributed by atoms with Crippen molar-refractivity contribution >= 4 is 33.8 Å². The molecular weight excluding hydrogens is 598 g/mol. The highest BCUT2D eigenvalue weighted by molar-refractivity contribution is 7.89. The van der Waals surface area contributed by atoms with Crippen molar-refractivity contribution < 1.29 is 32.7 Å². The third kappa shape index (κ3) is 8.43. The zero-order chi connectivity index (χ0) is 32.6. The molecule has 1 heterocycles. The van der Waals surface area contributed by atoms with Gasteiger partial charge in [0.1, 0.15) is 11.6 Å². The van der Waals surface area contributed by atoms with Crippen molar-refractivity contribution in [2.45, 2.75) is 93.7 Å². The number of nitrogens with zero attached hydrogens (tertiary/aromatic N) is 2. The minimum Gasteiger partial charge on any atom is -0.479 e. The molecule has 2 saturated carbocycles. The number of unbranched alkanes of at least 4 members (excludes halogenated alkanes) is 3. The molecule has 0 spiro atoms. The van der Waals surface area contributed by atoms with Crippen LogP contribution in [0.2, 0.25) is 0 Å². The molecule has 1 aromatic rings. The van der Waals surface area contributed by atoms with Crippen molar-refractivity contribution in [3.63, 3.8) is 0 Å². The smallest absolute Gasteiger partial charge is 0.330 e. The lowest BCUT2D eigenvalue weighted by Gasteiger charge is -2.36. The van der Waals surface area contributed by atoms with E-state index < -0.39 is 51.5 Å². The average Bonchev–Trinajstić information content (AvgIpc) is 3.45. The Kier molecular flexibility index (Phi) is 11.6. The molecule has 0 bridgehead atoms. The van der Waals surface area contributed by atoms with Crippen LogP contribution in [-0.2, 0) is 24.4 Å². The van der Waals surface area contributed by atoms with E-state index >= 15 is 0 Å². The molecule has 2 unspecified atom stereocenters. The van der Waals surface area contributed by atoms with Crippen LogP contribution in [0.4, 0.5) is 4.79 Å². The maximum Gasteiger partial charge on any atom is 0.330 e. The number of aliphatic carboxylic acids is 1. The Morgan fingerprint density at radius 1 is 1.11 bits per heavy atom. The number of hydrogen-bond donors (Lipinski definition) is 4. The molecule has 4 N–H and O–H groups in total. The molecule has 0 aromatic heterocycles. The third-order valence-electron chi connectivity index (χ3n) is 9.30. The number of carbonyl (C=O) groups is 4. The highest BCUT2D eigenvalue weighted by Crippen LogP contribution is 2.45. The first-order valence-electron chi connectivity index (χ1n) is 16.1. The topological polar surface area (TPSA) is 165 Å². The van der Waals surface area contributed by atoms with Crippen LogP contribution in [0.1, 0.15) is 71.1 Å². The molecule has 3 fully saturated rings. The van der Waals surface area contributed by atoms with E-state index in [2.05, 4.69) is 22.9 Å². The van der Waals surface area contributed by atoms with Gasteiger partial charge in [-0.1, -0.05) is 56.5 Å². The summed E-state index contributed by atoms with van der Waals surface area (Å²) in [4.78, 5) is 52.9. The Labute approximate surface area is 266 Å². The second kappa shape index (κ2) is 15.2. The monoisotopic (exact) mass is 645 g/mol. The van der Waals surface area contributed by atoms with Gasteiger partial charge in [0.2, 0.25) is 21.8 Å². The molecule has 12 nitrogen and oxygen atoms in total. The van der Waals surface area contributed by atoms with Crippen LogP contribution in [0.25, 0.3) is 0 Å². The number of hydrogen-bond acceptors (Lipinski definition) is 6. The van der Waals surface area contributed by atoms with Crippen LogP contribution in [0.5, 0.6) is 0 Å². The van der Waals surface area contributed by atoms with Gasteiger partial charge < -0.3 is 26.0 Å². The van der Waals surface area contributed by atoms with E-state index in [1.165, 1.54) is 28.4 Å². The van der Waals surface area contributed by atoms with Gasteiger partial charge in [-0.15, -0.1) is 0 Å². The standard InChI is InChI=1S/C32H47N5O7S/c1-3-4-5-6-8-15-24-20-32(24,30(40)41)35-29(39)27-18-12-19-37(27)28(38)21-33-31(42)34-26(23-13-11-14-23)22-36(2)45(43,44)25-16-9-7-10-17-25/h7-10,15-17,23-24,26-27H,3-6,11-14,18-22H2,1-2H3,(H,35,39)(H,40,41)(H2,33,34,42)/b15-8-/t24?,26?,27-,32+/m0/s1. The van der Waals surface area contributed by atoms with E-state index in [9.17, 15) is 32.7 Å². The first-order chi connectivity index (χ1) is 21.5. The molecule has 1 saturated heterocycles. The van der Waals surface area contributed by atoms with Gasteiger partial charge in [-0.25, -0.2) is 18.0 Å². The third-order valence-corrected chi connectivity index (χ3v) is 11.1. The quantitative estimate of drug-likeness (QED) is 0.159. The highest BCUT2D eigenvalue weighted by Gasteiger charge is 2.61. The second-order valence-corrected chi connectivity index (χ2v) is 14.5. The lowest BCUT2D eigenvalue weighted by molar-refractivity contribution is -0.145. The number of allylic oxidation sites excluding steroid dienone is 1. The average molecular weight is 646 g/mol. The predicted molar refractivity (Wildman–Crippen MR) is 169 cm³/mol. The number of rotatable bonds is 16. The first kappa shape index (κ1) is 34.4. The zero-order valence-electron chi connectivity index (χ0n) is 26.2. The number of carboxylic acids is 1. The van der Waals surface area contributed by atoms with Gasteiger partial charge in [-0.2, -0.15) is 4.31 Å². The number of carbonyl (C=O) groups excluding carboxylic acids is 3. The van der Waals surface area contributed by atoms with Crippen molar-refractivity contribution in [2.24, 2.45) is 11.8 Å². The van der Waals surface area contributed by atoms with Gasteiger partial charge in [0.05, 0.1) is 11.4 Å². The summed E-state index contributed by atoms with van der Waals surface area (Å²) in [5.74, 6) is -2.20. The van der Waals surface area contributed by atoms with E-state index in [-0.39, 0.29) is 29.8 Å². The van der Waals surface area contributed by atoms with Gasteiger partial charge in [-0.3, -0.25) is 9.59 Å². The maximum absolute atomic E-state index is 13.2. The maximum atomic E-state index is 13.2. The highest BCUT2D eigenvalue weighted by atomic mass is 32.2. The molecule has 3 aliphatic rings. The summed E-state index contributed by atoms with van der Waals surface area (Å²) in [5.41, 5.74) is -1.36. The van der Waals surface area contributed by atoms with Crippen molar-refractivity contribution in [1.29, 1.82) is 0 Å². The molecule has 1 aromatic carbocycles. The number of sulfonamides is 1. The van der Waals surface area contributed by atoms with Crippen LogP contribution in [-0.4, -0.2) is 90.8 Å². The Morgan fingerprint density at radius 2 is 1.84 bits per heavy atom. The Balaban J connectivity index is 1.29. The summed E-state index contributed by atoms with van der Waals surface area (Å²) in [6.45, 7) is 2.18. The number of amides is 4. The molecule has 4 atom stereocenters. The lowest BCUT2D eigenvalue weighted by Crippen LogP contribution is -2.55. The summed E-state index contributed by atoms with van der Waals surface area (Å²) in [6.07, 6.45) is 12.0. The molecule has 248 valence electrons. The van der Waals surface area contributed by atoms with Crippen LogP contribution in [0.15, 0.2) is 47.4 Å². The second-order valence-electron chi connectivity index (χ2n) is 12.5. The van der Waals surface area contributed by atoms with Crippen molar-refractivity contribution in [3.8, 4) is 0 Å². The number of likely N-dealkylation sites (tertiary alicyclic amines) is 1. The Morgan fingerprint density at radius 3 is 2.49 bits per heavy atom. The molecule has 1 aliphatic heterocycles. The zero-order valence-corrected chi connectivity index (χ0v) is 27.1. The summed E-state index contributed by atoms with van der Waals surface area (Å²) in [5, 5.41) is 18.0. The fourth-order valence-corrected chi connectivity index (χ4v) is 7.37. The van der Waals surface area contributed by atoms with Gasteiger partial charge in [-0.05, 0) is 63.0 Å². The van der Waals surface area contributed by atoms with E-state index in [1.807, 2.05) is 12.2 Å². The van der Waals surface area contributed by atoms with Gasteiger partial charge in [0, 0.05) is 32.1 Å². The normalized spacial score (nSPS) is 23.8. The summed E-state index contributed by atoms with van der Waals surface area (Å²) < 4.78 is 27.3. The molecule has 45 heavy (non-hydrogen) atoms. The molecule has 13 heteroatoms. The Bertz CT molecular complexity index is 1350. The summed E-state index contributed by atoms with van der Waals surface area (Å²) in [7, 11) is -2.26.